The van der Waals surface area contributed by atoms with E-state index in [1.807, 2.05) is 26.0 Å². The zero-order valence-electron chi connectivity index (χ0n) is 19.1. The van der Waals surface area contributed by atoms with E-state index in [2.05, 4.69) is 45.9 Å². The molecule has 2 atom stereocenters. The molecule has 0 bridgehead atoms. The van der Waals surface area contributed by atoms with Crippen LogP contribution in [0.3, 0.4) is 0 Å². The molecule has 1 aromatic carbocycles. The molecule has 3 rings (SSSR count). The third-order valence-electron chi connectivity index (χ3n) is 4.82. The van der Waals surface area contributed by atoms with Gasteiger partial charge in [0.15, 0.2) is 5.15 Å². The Morgan fingerprint density at radius 2 is 2.03 bits per heavy atom. The third kappa shape index (κ3) is 6.69. The van der Waals surface area contributed by atoms with E-state index in [4.69, 9.17) is 9.26 Å². The molecule has 2 amide bonds. The Morgan fingerprint density at radius 3 is 2.65 bits per heavy atom. The van der Waals surface area contributed by atoms with E-state index < -0.39 is 11.2 Å². The number of carbonyl (C=O) groups excluding carboxylic acids is 1. The first-order valence-electron chi connectivity index (χ1n) is 10.2. The molecule has 2 unspecified atom stereocenters. The fourth-order valence-corrected chi connectivity index (χ4v) is 3.53. The van der Waals surface area contributed by atoms with Crippen molar-refractivity contribution >= 4 is 41.7 Å². The number of carbonyl (C=O) groups is 1. The molecule has 3 aromatic rings. The van der Waals surface area contributed by atoms with E-state index in [1.54, 1.807) is 43.8 Å². The summed E-state index contributed by atoms with van der Waals surface area (Å²) in [7, 11) is 5.79. The van der Waals surface area contributed by atoms with Crippen LogP contribution in [0.25, 0.3) is 5.57 Å². The summed E-state index contributed by atoms with van der Waals surface area (Å²) in [5.74, 6) is 0.893. The van der Waals surface area contributed by atoms with E-state index in [9.17, 15) is 9.18 Å². The van der Waals surface area contributed by atoms with Gasteiger partial charge in [-0.05, 0) is 53.9 Å². The van der Waals surface area contributed by atoms with Gasteiger partial charge in [0.05, 0.1) is 12.8 Å². The van der Waals surface area contributed by atoms with E-state index in [0.29, 0.717) is 17.8 Å². The monoisotopic (exact) mass is 502 g/mol. The second kappa shape index (κ2) is 10.9. The number of urea groups is 1. The molecule has 0 radical (unpaired) electrons. The Hall–Kier alpha value is -3.15. The lowest BCUT2D eigenvalue weighted by molar-refractivity contribution is -0.754. The molecule has 2 N–H and O–H groups in total. The molecule has 0 saturated carbocycles. The van der Waals surface area contributed by atoms with Crippen LogP contribution in [0.4, 0.5) is 20.8 Å². The molecule has 0 aliphatic heterocycles. The van der Waals surface area contributed by atoms with E-state index in [0.717, 1.165) is 28.2 Å². The third-order valence-corrected chi connectivity index (χ3v) is 5.49. The number of halogens is 1. The molecule has 0 aliphatic carbocycles. The van der Waals surface area contributed by atoms with Gasteiger partial charge >= 0.3 is 11.9 Å². The van der Waals surface area contributed by atoms with Gasteiger partial charge in [0.1, 0.15) is 5.76 Å². The fraction of sp³-hybridized carbons (Fsp3) is 0.217. The number of ether oxygens (including phenoxy) is 1. The minimum atomic E-state index is -1.68. The van der Waals surface area contributed by atoms with E-state index in [-0.39, 0.29) is 5.88 Å². The Kier molecular flexibility index (Phi) is 8.13. The first-order chi connectivity index (χ1) is 16.1. The summed E-state index contributed by atoms with van der Waals surface area (Å²) in [5.41, 5.74) is 4.19. The van der Waals surface area contributed by atoms with Gasteiger partial charge in [-0.15, -0.1) is 0 Å². The first kappa shape index (κ1) is 25.5. The van der Waals surface area contributed by atoms with Gasteiger partial charge in [0.25, 0.3) is 6.20 Å². The minimum Gasteiger partial charge on any atom is -0.501 e. The number of aromatic nitrogens is 3. The number of methoxy groups -OCH3 is 1. The second-order valence-electron chi connectivity index (χ2n) is 7.66. The summed E-state index contributed by atoms with van der Waals surface area (Å²) >= 11 is 0. The van der Waals surface area contributed by atoms with Gasteiger partial charge in [-0.2, -0.15) is 0 Å². The van der Waals surface area contributed by atoms with Crippen LogP contribution in [-0.2, 0) is 16.4 Å². The lowest BCUT2D eigenvalue weighted by atomic mass is 10.0. The lowest BCUT2D eigenvalue weighted by Gasteiger charge is -2.15. The van der Waals surface area contributed by atoms with Crippen molar-refractivity contribution in [1.82, 2.24) is 10.3 Å². The number of allylic oxidation sites excluding steroid dienone is 3. The molecule has 0 spiro atoms. The Labute approximate surface area is 202 Å². The average Bonchev–Trinajstić information content (AvgIpc) is 3.20. The van der Waals surface area contributed by atoms with Crippen LogP contribution in [0.5, 0.6) is 0 Å². The van der Waals surface area contributed by atoms with Crippen LogP contribution in [0.1, 0.15) is 30.7 Å². The lowest BCUT2D eigenvalue weighted by Crippen LogP contribution is -2.35. The molecule has 11 heteroatoms. The summed E-state index contributed by atoms with van der Waals surface area (Å²) in [6.07, 6.45) is 3.29. The van der Waals surface area contributed by atoms with Crippen molar-refractivity contribution < 1.29 is 23.1 Å². The van der Waals surface area contributed by atoms with Crippen LogP contribution < -0.4 is 15.3 Å². The maximum absolute atomic E-state index is 14.1. The first-order valence-corrected chi connectivity index (χ1v) is 11.4. The van der Waals surface area contributed by atoms with E-state index >= 15 is 0 Å². The predicted octanol–water partition coefficient (Wildman–Crippen LogP) is 4.83. The van der Waals surface area contributed by atoms with Gasteiger partial charge in [-0.3, -0.25) is 14.8 Å². The zero-order valence-corrected chi connectivity index (χ0v) is 21.4. The molecule has 2 heterocycles. The van der Waals surface area contributed by atoms with Crippen LogP contribution in [0.2, 0.25) is 0 Å². The summed E-state index contributed by atoms with van der Waals surface area (Å²) in [4.78, 5) is 16.8. The van der Waals surface area contributed by atoms with Crippen molar-refractivity contribution in [1.29, 1.82) is 0 Å². The summed E-state index contributed by atoms with van der Waals surface area (Å²) < 4.78 is 26.1. The van der Waals surface area contributed by atoms with Crippen LogP contribution >= 0.6 is 18.5 Å². The molecule has 0 saturated heterocycles. The number of nitrogens with one attached hydrogen (secondary N) is 2. The number of anilines is 2. The van der Waals surface area contributed by atoms with Gasteiger partial charge in [0, 0.05) is 23.0 Å². The highest BCUT2D eigenvalue weighted by molar-refractivity contribution is 7.38. The Morgan fingerprint density at radius 1 is 1.26 bits per heavy atom. The van der Waals surface area contributed by atoms with Crippen molar-refractivity contribution in [2.24, 2.45) is 0 Å². The van der Waals surface area contributed by atoms with Crippen molar-refractivity contribution in [2.45, 2.75) is 25.5 Å². The Bertz CT molecular complexity index is 1220. The molecule has 8 nitrogen and oxygen atoms in total. The number of hydrogen-bond acceptors (Lipinski definition) is 5. The topological polar surface area (TPSA) is 93.2 Å². The molecular weight excluding hydrogens is 475 g/mol. The SMILES string of the molecule is C=C(C)/C(=C(/C)OC)c1ccc(C[n+]2cc(NC(=O)Nc3cccc(C(F)(P)P)c3)on2)cn1. The summed E-state index contributed by atoms with van der Waals surface area (Å²) in [6.45, 7) is 8.15. The van der Waals surface area contributed by atoms with Gasteiger partial charge < -0.3 is 10.1 Å². The largest absolute Gasteiger partial charge is 0.501 e. The quantitative estimate of drug-likeness (QED) is 0.199. The van der Waals surface area contributed by atoms with E-state index in [1.165, 1.54) is 4.68 Å². The smallest absolute Gasteiger partial charge is 0.326 e. The average molecular weight is 502 g/mol. The molecular formula is C23H27FN5O3P2+. The van der Waals surface area contributed by atoms with Crippen molar-refractivity contribution in [3.63, 3.8) is 0 Å². The van der Waals surface area contributed by atoms with Crippen LogP contribution in [0, 0.1) is 0 Å². The molecule has 34 heavy (non-hydrogen) atoms. The van der Waals surface area contributed by atoms with Gasteiger partial charge in [0.2, 0.25) is 11.8 Å². The maximum Gasteiger partial charge on any atom is 0.326 e. The number of rotatable bonds is 8. The maximum atomic E-state index is 14.1. The van der Waals surface area contributed by atoms with Gasteiger partial charge in [-0.1, -0.05) is 37.2 Å². The Balaban J connectivity index is 1.63. The number of nitrogens with zero attached hydrogens (tertiary/aromatic N) is 3. The standard InChI is InChI=1S/C23H26FN5O3P2/c1-14(2)21(15(3)31-4)19-9-8-16(11-25-19)12-29-13-20(32-28-29)27-22(30)26-18-7-5-6-17(10-18)23(24,33)34/h5-11,13H,1,12,33-34H2,2-4H3,(H-,26,27,28,30)/p+1/b21-15+. The normalized spacial score (nSPS) is 12.1. The predicted molar refractivity (Wildman–Crippen MR) is 136 cm³/mol. The molecule has 178 valence electrons. The van der Waals surface area contributed by atoms with Gasteiger partial charge in [-0.25, -0.2) is 9.18 Å². The van der Waals surface area contributed by atoms with Crippen LogP contribution in [-0.4, -0.2) is 23.4 Å². The number of benzene rings is 1. The van der Waals surface area contributed by atoms with Crippen LogP contribution in [0.15, 0.2) is 71.2 Å². The highest BCUT2D eigenvalue weighted by Gasteiger charge is 2.20. The number of pyridine rings is 1. The number of hydrogen-bond donors (Lipinski definition) is 2. The summed E-state index contributed by atoms with van der Waals surface area (Å²) in [5, 5.41) is 7.44. The zero-order chi connectivity index (χ0) is 24.9. The molecule has 0 aliphatic rings. The van der Waals surface area contributed by atoms with Crippen molar-refractivity contribution in [3.8, 4) is 0 Å². The minimum absolute atomic E-state index is 0.151. The highest BCUT2D eigenvalue weighted by atomic mass is 31.1. The molecule has 0 fully saturated rings. The van der Waals surface area contributed by atoms with Crippen molar-refractivity contribution in [2.75, 3.05) is 17.7 Å². The fourth-order valence-electron chi connectivity index (χ4n) is 3.17. The highest BCUT2D eigenvalue weighted by Crippen LogP contribution is 2.40. The molecule has 2 aromatic heterocycles. The second-order valence-corrected chi connectivity index (χ2v) is 10.0. The summed E-state index contributed by atoms with van der Waals surface area (Å²) in [6, 6.07) is 9.74. The van der Waals surface area contributed by atoms with Crippen molar-refractivity contribution in [3.05, 3.63) is 83.5 Å². The number of alkyl halides is 1. The number of amides is 2.